The quantitative estimate of drug-likeness (QED) is 0.152. The van der Waals surface area contributed by atoms with E-state index in [1.165, 1.54) is 89.9 Å². The Morgan fingerprint density at radius 2 is 0.709 bits per heavy atom. The third-order valence-electron chi connectivity index (χ3n) is 21.1. The molecule has 8 heteroatoms. The molecule has 0 bridgehead atoms. The van der Waals surface area contributed by atoms with E-state index in [0.29, 0.717) is 71.2 Å². The molecule has 3 heterocycles. The molecule has 11 unspecified atom stereocenters. The van der Waals surface area contributed by atoms with Crippen molar-refractivity contribution < 1.29 is 39.7 Å². The summed E-state index contributed by atoms with van der Waals surface area (Å²) in [5, 5.41) is 47.1. The minimum atomic E-state index is -0.228. The van der Waals surface area contributed by atoms with Crippen molar-refractivity contribution in [2.75, 3.05) is 39.6 Å². The van der Waals surface area contributed by atoms with Gasteiger partial charge in [0.2, 0.25) is 0 Å². The zero-order valence-corrected chi connectivity index (χ0v) is 55.1. The Balaban J connectivity index is 0.000000451. The predicted octanol–water partition coefficient (Wildman–Crippen LogP) is 17.7. The highest BCUT2D eigenvalue weighted by atomic mass is 16.5. The minimum Gasteiger partial charge on any atom is -0.393 e. The summed E-state index contributed by atoms with van der Waals surface area (Å²) in [7, 11) is 0. The third-order valence-corrected chi connectivity index (χ3v) is 21.1. The van der Waals surface area contributed by atoms with Crippen LogP contribution >= 0.6 is 0 Å². The summed E-state index contributed by atoms with van der Waals surface area (Å²) in [4.78, 5) is 0. The van der Waals surface area contributed by atoms with Gasteiger partial charge in [0.25, 0.3) is 0 Å². The van der Waals surface area contributed by atoms with Crippen LogP contribution in [0.25, 0.3) is 0 Å². The third kappa shape index (κ3) is 28.6. The molecule has 0 aromatic carbocycles. The SMILES string of the molecule is C.CC(C)C1CC2(CCC2)C1.CC(C)C1CCC1O.CC(C)C1CCCC1O.CC(C)C1CCCCC1O.CC(C)C1CCCCCC1O.CC(C)C1CCOCC1.CC(C)C1CCOCC1(C)C.CC(C)C1CCOCC1O. The Kier molecular flexibility index (Phi) is 39.0. The zero-order chi connectivity index (χ0) is 58.8. The van der Waals surface area contributed by atoms with Crippen LogP contribution in [0.4, 0.5) is 0 Å². The van der Waals surface area contributed by atoms with Crippen LogP contribution in [0.1, 0.15) is 280 Å². The molecule has 9 rings (SSSR count). The number of hydrogen-bond donors (Lipinski definition) is 5. The van der Waals surface area contributed by atoms with Crippen LogP contribution in [0.2, 0.25) is 0 Å². The fourth-order valence-corrected chi connectivity index (χ4v) is 14.8. The number of aliphatic hydroxyl groups is 5. The van der Waals surface area contributed by atoms with E-state index in [0.717, 1.165) is 106 Å². The van der Waals surface area contributed by atoms with Crippen LogP contribution in [0.3, 0.4) is 0 Å². The molecule has 3 saturated heterocycles. The van der Waals surface area contributed by atoms with Gasteiger partial charge in [-0.3, -0.25) is 0 Å². The molecule has 11 atom stereocenters. The molecule has 0 aromatic heterocycles. The second-order valence-corrected chi connectivity index (χ2v) is 30.3. The van der Waals surface area contributed by atoms with E-state index in [1.54, 1.807) is 25.7 Å². The van der Waals surface area contributed by atoms with Crippen molar-refractivity contribution in [1.82, 2.24) is 0 Å². The van der Waals surface area contributed by atoms with Gasteiger partial charge in [-0.05, 0) is 208 Å². The Morgan fingerprint density at radius 1 is 0.329 bits per heavy atom. The first-order chi connectivity index (χ1) is 36.6. The standard InChI is InChI=1S/2C10H20O.C10H18.C9H18O.C8H16O2.2C8H16O.C7H14O.CH4/c1-8(2)9-5-6-11-7-10(9,3)4;1-8(2)9-6-4-3-5-7-10(9)11;1-8(2)9-6-10(7-9)4-3-5-10;1-7(2)8-5-3-4-6-9(8)10;1-6(2)7-3-4-10-5-8(7)9;1-7(2)8-3-5-9-6-4-8;1-6(2)7-4-3-5-8(7)9;1-5(2)6-3-4-7(6)8;/h8-9H,5-7H2,1-4H3;8-11H,3-7H2,1-2H3;8-9H,3-7H2,1-2H3;7-10H,3-6H2,1-2H3;6-9H,3-5H2,1-2H3;7-8H,3-6H2,1-2H3;6-9H,3-5H2,1-2H3;5-8H,3-4H2,1-2H3;1H4. The second kappa shape index (κ2) is 40.1. The van der Waals surface area contributed by atoms with Crippen LogP contribution in [0.5, 0.6) is 0 Å². The zero-order valence-electron chi connectivity index (χ0n) is 55.1. The van der Waals surface area contributed by atoms with E-state index in [2.05, 4.69) is 125 Å². The van der Waals surface area contributed by atoms with Crippen molar-refractivity contribution in [3.8, 4) is 0 Å². The molecule has 1 spiro atoms. The van der Waals surface area contributed by atoms with Gasteiger partial charge in [-0.2, -0.15) is 0 Å². The lowest BCUT2D eigenvalue weighted by molar-refractivity contribution is -0.0572. The average molecular weight is 1120 g/mol. The summed E-state index contributed by atoms with van der Waals surface area (Å²) >= 11 is 0. The average Bonchev–Trinajstić information content (AvgIpc) is 3.66. The van der Waals surface area contributed by atoms with E-state index < -0.39 is 0 Å². The second-order valence-electron chi connectivity index (χ2n) is 30.3. The van der Waals surface area contributed by atoms with Crippen LogP contribution in [-0.2, 0) is 14.2 Å². The molecule has 9 fully saturated rings. The first-order valence-corrected chi connectivity index (χ1v) is 33.8. The van der Waals surface area contributed by atoms with Crippen molar-refractivity contribution in [3.05, 3.63) is 0 Å². The maximum absolute atomic E-state index is 9.72. The topological polar surface area (TPSA) is 129 Å². The van der Waals surface area contributed by atoms with Crippen molar-refractivity contribution in [3.63, 3.8) is 0 Å². The molecule has 79 heavy (non-hydrogen) atoms. The largest absolute Gasteiger partial charge is 0.393 e. The molecule has 0 aromatic rings. The number of hydrogen-bond acceptors (Lipinski definition) is 8. The fraction of sp³-hybridized carbons (Fsp3) is 1.00. The summed E-state index contributed by atoms with van der Waals surface area (Å²) in [5.41, 5.74) is 1.29. The van der Waals surface area contributed by atoms with Gasteiger partial charge in [0, 0.05) is 26.4 Å². The van der Waals surface area contributed by atoms with Crippen LogP contribution in [0.15, 0.2) is 0 Å². The Bertz CT molecular complexity index is 1410. The number of ether oxygens (including phenoxy) is 3. The van der Waals surface area contributed by atoms with E-state index >= 15 is 0 Å². The van der Waals surface area contributed by atoms with Gasteiger partial charge < -0.3 is 39.7 Å². The Labute approximate surface area is 493 Å². The maximum Gasteiger partial charge on any atom is 0.0805 e. The van der Waals surface area contributed by atoms with Gasteiger partial charge >= 0.3 is 0 Å². The molecule has 3 aliphatic heterocycles. The molecule has 8 nitrogen and oxygen atoms in total. The van der Waals surface area contributed by atoms with Gasteiger partial charge in [0.15, 0.2) is 0 Å². The highest BCUT2D eigenvalue weighted by molar-refractivity contribution is 4.99. The molecule has 474 valence electrons. The van der Waals surface area contributed by atoms with Crippen molar-refractivity contribution >= 4 is 0 Å². The molecule has 6 saturated carbocycles. The number of aliphatic hydroxyl groups excluding tert-OH is 5. The van der Waals surface area contributed by atoms with Crippen molar-refractivity contribution in [1.29, 1.82) is 0 Å². The Morgan fingerprint density at radius 3 is 1.03 bits per heavy atom. The van der Waals surface area contributed by atoms with Gasteiger partial charge in [-0.25, -0.2) is 0 Å². The van der Waals surface area contributed by atoms with E-state index in [9.17, 15) is 20.4 Å². The monoisotopic (exact) mass is 1120 g/mol. The van der Waals surface area contributed by atoms with E-state index in [4.69, 9.17) is 19.3 Å². The van der Waals surface area contributed by atoms with Gasteiger partial charge in [-0.15, -0.1) is 0 Å². The molecule has 0 amide bonds. The van der Waals surface area contributed by atoms with Gasteiger partial charge in [-0.1, -0.05) is 177 Å². The summed E-state index contributed by atoms with van der Waals surface area (Å²) in [6, 6.07) is 0. The lowest BCUT2D eigenvalue weighted by Gasteiger charge is -2.55. The van der Waals surface area contributed by atoms with Crippen molar-refractivity contribution in [2.45, 2.75) is 310 Å². The molecular weight excluding hydrogens is 981 g/mol. The first kappa shape index (κ1) is 76.7. The van der Waals surface area contributed by atoms with Crippen molar-refractivity contribution in [2.24, 2.45) is 106 Å². The molecular formula is C71H142O8. The van der Waals surface area contributed by atoms with E-state index in [-0.39, 0.29) is 37.9 Å². The van der Waals surface area contributed by atoms with E-state index in [1.807, 2.05) is 0 Å². The lowest BCUT2D eigenvalue weighted by Crippen LogP contribution is -2.44. The maximum atomic E-state index is 9.72. The fourth-order valence-electron chi connectivity index (χ4n) is 14.8. The predicted molar refractivity (Wildman–Crippen MR) is 338 cm³/mol. The number of rotatable bonds is 8. The van der Waals surface area contributed by atoms with Gasteiger partial charge in [0.1, 0.15) is 0 Å². The summed E-state index contributed by atoms with van der Waals surface area (Å²) < 4.78 is 15.8. The summed E-state index contributed by atoms with van der Waals surface area (Å²) in [6.07, 6.45) is 29.0. The van der Waals surface area contributed by atoms with Crippen LogP contribution < -0.4 is 0 Å². The highest BCUT2D eigenvalue weighted by Crippen LogP contribution is 2.60. The van der Waals surface area contributed by atoms with Crippen LogP contribution in [-0.4, -0.2) is 95.7 Å². The minimum absolute atomic E-state index is 0. The molecule has 0 radical (unpaired) electrons. The van der Waals surface area contributed by atoms with Crippen LogP contribution in [0, 0.1) is 106 Å². The van der Waals surface area contributed by atoms with Gasteiger partial charge in [0.05, 0.1) is 43.7 Å². The lowest BCUT2D eigenvalue weighted by atomic mass is 9.50. The highest BCUT2D eigenvalue weighted by Gasteiger charge is 2.48. The Hall–Kier alpha value is -0.320. The summed E-state index contributed by atoms with van der Waals surface area (Å²) in [6.45, 7) is 45.7. The molecule has 6 aliphatic carbocycles. The smallest absolute Gasteiger partial charge is 0.0805 e. The first-order valence-electron chi connectivity index (χ1n) is 33.8. The molecule has 9 aliphatic rings. The normalized spacial score (nSPS) is 32.2. The summed E-state index contributed by atoms with van der Waals surface area (Å²) in [5.74, 6) is 11.5. The molecule has 5 N–H and O–H groups in total.